The van der Waals surface area contributed by atoms with Gasteiger partial charge in [-0.25, -0.2) is 13.1 Å². The van der Waals surface area contributed by atoms with Crippen molar-refractivity contribution in [1.29, 1.82) is 0 Å². The minimum absolute atomic E-state index is 0.308. The molecule has 0 fully saturated rings. The monoisotopic (exact) mass is 313 g/mol. The number of sulfonamides is 1. The third-order valence-electron chi connectivity index (χ3n) is 3.25. The van der Waals surface area contributed by atoms with Crippen LogP contribution in [-0.2, 0) is 10.0 Å². The molecule has 0 aliphatic carbocycles. The molecule has 5 nitrogen and oxygen atoms in total. The van der Waals surface area contributed by atoms with E-state index in [0.717, 1.165) is 38.3 Å². The summed E-state index contributed by atoms with van der Waals surface area (Å²) in [6.07, 6.45) is 1.08. The molecule has 21 heavy (non-hydrogen) atoms. The SMILES string of the molecule is CCCN(CC)CCNS(=O)(=O)c1ccc(NCC)cc1. The summed E-state index contributed by atoms with van der Waals surface area (Å²) in [5, 5.41) is 3.14. The van der Waals surface area contributed by atoms with Crippen LogP contribution in [0.15, 0.2) is 29.2 Å². The summed E-state index contributed by atoms with van der Waals surface area (Å²) >= 11 is 0. The lowest BCUT2D eigenvalue weighted by atomic mass is 10.3. The molecule has 0 saturated heterocycles. The van der Waals surface area contributed by atoms with Crippen LogP contribution >= 0.6 is 0 Å². The highest BCUT2D eigenvalue weighted by Crippen LogP contribution is 2.13. The highest BCUT2D eigenvalue weighted by Gasteiger charge is 2.13. The molecule has 0 aliphatic heterocycles. The van der Waals surface area contributed by atoms with Crippen molar-refractivity contribution < 1.29 is 8.42 Å². The van der Waals surface area contributed by atoms with Crippen molar-refractivity contribution in [3.8, 4) is 0 Å². The van der Waals surface area contributed by atoms with E-state index in [1.165, 1.54) is 0 Å². The molecule has 0 aromatic heterocycles. The van der Waals surface area contributed by atoms with Crippen molar-refractivity contribution in [3.05, 3.63) is 24.3 Å². The van der Waals surface area contributed by atoms with Crippen molar-refractivity contribution in [2.45, 2.75) is 32.1 Å². The second-order valence-corrected chi connectivity index (χ2v) is 6.65. The standard InChI is InChI=1S/C15H27N3O2S/c1-4-12-18(6-3)13-11-17-21(19,20)15-9-7-14(8-10-15)16-5-2/h7-10,16-17H,4-6,11-13H2,1-3H3. The lowest BCUT2D eigenvalue weighted by molar-refractivity contribution is 0.293. The molecule has 0 atom stereocenters. The van der Waals surface area contributed by atoms with Gasteiger partial charge in [0.15, 0.2) is 0 Å². The third-order valence-corrected chi connectivity index (χ3v) is 4.73. The van der Waals surface area contributed by atoms with E-state index in [-0.39, 0.29) is 0 Å². The molecule has 120 valence electrons. The predicted octanol–water partition coefficient (Wildman–Crippen LogP) is 2.13. The van der Waals surface area contributed by atoms with Gasteiger partial charge in [-0.15, -0.1) is 0 Å². The summed E-state index contributed by atoms with van der Waals surface area (Å²) in [5.74, 6) is 0. The first kappa shape index (κ1) is 17.9. The van der Waals surface area contributed by atoms with Gasteiger partial charge in [0, 0.05) is 25.3 Å². The van der Waals surface area contributed by atoms with Crippen LogP contribution in [0, 0.1) is 0 Å². The lowest BCUT2D eigenvalue weighted by Gasteiger charge is -2.19. The van der Waals surface area contributed by atoms with Crippen LogP contribution in [0.4, 0.5) is 5.69 Å². The van der Waals surface area contributed by atoms with E-state index in [1.807, 2.05) is 6.92 Å². The average molecular weight is 313 g/mol. The van der Waals surface area contributed by atoms with Gasteiger partial charge in [-0.3, -0.25) is 0 Å². The Morgan fingerprint density at radius 1 is 1.05 bits per heavy atom. The Bertz CT molecular complexity index is 500. The van der Waals surface area contributed by atoms with Crippen LogP contribution < -0.4 is 10.0 Å². The predicted molar refractivity (Wildman–Crippen MR) is 88.2 cm³/mol. The van der Waals surface area contributed by atoms with Gasteiger partial charge in [-0.1, -0.05) is 13.8 Å². The van der Waals surface area contributed by atoms with E-state index in [4.69, 9.17) is 0 Å². The minimum Gasteiger partial charge on any atom is -0.385 e. The number of hydrogen-bond acceptors (Lipinski definition) is 4. The second kappa shape index (κ2) is 9.02. The van der Waals surface area contributed by atoms with Gasteiger partial charge in [-0.05, 0) is 50.7 Å². The zero-order valence-corrected chi connectivity index (χ0v) is 14.0. The van der Waals surface area contributed by atoms with E-state index in [2.05, 4.69) is 28.8 Å². The number of nitrogens with zero attached hydrogens (tertiary/aromatic N) is 1. The van der Waals surface area contributed by atoms with E-state index in [1.54, 1.807) is 24.3 Å². The Balaban J connectivity index is 2.56. The largest absolute Gasteiger partial charge is 0.385 e. The third kappa shape index (κ3) is 6.03. The summed E-state index contributed by atoms with van der Waals surface area (Å²) in [5.41, 5.74) is 0.927. The number of nitrogens with one attached hydrogen (secondary N) is 2. The summed E-state index contributed by atoms with van der Waals surface area (Å²) in [4.78, 5) is 2.54. The molecule has 1 aromatic rings. The number of rotatable bonds is 10. The quantitative estimate of drug-likeness (QED) is 0.695. The zero-order valence-electron chi connectivity index (χ0n) is 13.2. The number of hydrogen-bond donors (Lipinski definition) is 2. The number of likely N-dealkylation sites (N-methyl/N-ethyl adjacent to an activating group) is 1. The van der Waals surface area contributed by atoms with Gasteiger partial charge in [0.25, 0.3) is 0 Å². The van der Waals surface area contributed by atoms with Crippen molar-refractivity contribution in [3.63, 3.8) is 0 Å². The highest BCUT2D eigenvalue weighted by molar-refractivity contribution is 7.89. The molecule has 0 spiro atoms. The normalized spacial score (nSPS) is 11.8. The van der Waals surface area contributed by atoms with Gasteiger partial charge in [-0.2, -0.15) is 0 Å². The molecule has 0 saturated carbocycles. The Labute approximate surface area is 128 Å². The van der Waals surface area contributed by atoms with E-state index in [0.29, 0.717) is 11.4 Å². The van der Waals surface area contributed by atoms with Crippen LogP contribution in [0.2, 0.25) is 0 Å². The maximum Gasteiger partial charge on any atom is 0.240 e. The molecular formula is C15H27N3O2S. The molecule has 0 amide bonds. The molecule has 6 heteroatoms. The Morgan fingerprint density at radius 3 is 2.24 bits per heavy atom. The summed E-state index contributed by atoms with van der Waals surface area (Å²) in [6, 6.07) is 6.83. The molecule has 0 heterocycles. The van der Waals surface area contributed by atoms with Gasteiger partial charge in [0.1, 0.15) is 0 Å². The highest BCUT2D eigenvalue weighted by atomic mass is 32.2. The van der Waals surface area contributed by atoms with Gasteiger partial charge in [0.05, 0.1) is 4.90 Å². The molecule has 1 aromatic carbocycles. The van der Waals surface area contributed by atoms with Gasteiger partial charge in [0.2, 0.25) is 10.0 Å². The maximum atomic E-state index is 12.2. The molecular weight excluding hydrogens is 286 g/mol. The van der Waals surface area contributed by atoms with Crippen molar-refractivity contribution in [1.82, 2.24) is 9.62 Å². The Morgan fingerprint density at radius 2 is 1.71 bits per heavy atom. The second-order valence-electron chi connectivity index (χ2n) is 4.89. The van der Waals surface area contributed by atoms with E-state index < -0.39 is 10.0 Å². The molecule has 0 aliphatic rings. The van der Waals surface area contributed by atoms with Crippen molar-refractivity contribution >= 4 is 15.7 Å². The first-order valence-corrected chi connectivity index (χ1v) is 9.07. The average Bonchev–Trinajstić information content (AvgIpc) is 2.47. The maximum absolute atomic E-state index is 12.2. The number of benzene rings is 1. The summed E-state index contributed by atoms with van der Waals surface area (Å²) in [6.45, 7) is 10.1. The fraction of sp³-hybridized carbons (Fsp3) is 0.600. The number of anilines is 1. The summed E-state index contributed by atoms with van der Waals surface area (Å²) in [7, 11) is -3.42. The van der Waals surface area contributed by atoms with E-state index >= 15 is 0 Å². The minimum atomic E-state index is -3.42. The van der Waals surface area contributed by atoms with Gasteiger partial charge >= 0.3 is 0 Å². The molecule has 0 bridgehead atoms. The van der Waals surface area contributed by atoms with Crippen LogP contribution in [0.5, 0.6) is 0 Å². The zero-order chi connectivity index (χ0) is 15.7. The molecule has 1 rings (SSSR count). The van der Waals surface area contributed by atoms with Crippen molar-refractivity contribution in [2.75, 3.05) is 38.0 Å². The molecule has 2 N–H and O–H groups in total. The fourth-order valence-corrected chi connectivity index (χ4v) is 3.14. The van der Waals surface area contributed by atoms with Gasteiger partial charge < -0.3 is 10.2 Å². The first-order chi connectivity index (χ1) is 10.0. The Kier molecular flexibility index (Phi) is 7.71. The van der Waals surface area contributed by atoms with Crippen LogP contribution in [0.25, 0.3) is 0 Å². The first-order valence-electron chi connectivity index (χ1n) is 7.59. The van der Waals surface area contributed by atoms with Crippen molar-refractivity contribution in [2.24, 2.45) is 0 Å². The Hall–Kier alpha value is -1.11. The fourth-order valence-electron chi connectivity index (χ4n) is 2.12. The van der Waals surface area contributed by atoms with E-state index in [9.17, 15) is 8.42 Å². The lowest BCUT2D eigenvalue weighted by Crippen LogP contribution is -2.35. The van der Waals surface area contributed by atoms with Crippen LogP contribution in [0.1, 0.15) is 27.2 Å². The summed E-state index contributed by atoms with van der Waals surface area (Å²) < 4.78 is 27.0. The smallest absolute Gasteiger partial charge is 0.240 e. The topological polar surface area (TPSA) is 61.4 Å². The van der Waals surface area contributed by atoms with Crippen LogP contribution in [-0.4, -0.2) is 46.0 Å². The molecule has 0 unspecified atom stereocenters. The molecule has 0 radical (unpaired) electrons. The van der Waals surface area contributed by atoms with Crippen LogP contribution in [0.3, 0.4) is 0 Å².